The third kappa shape index (κ3) is 2.62. The van der Waals surface area contributed by atoms with Crippen molar-refractivity contribution in [1.29, 1.82) is 0 Å². The molecule has 18 heavy (non-hydrogen) atoms. The molecule has 0 N–H and O–H groups in total. The molecule has 2 aromatic carbocycles. The molecule has 0 amide bonds. The SMILES string of the molecule is Fc1ccc(-c2cc(Cl)ccc2Cl)c(C(F)F)c1. The normalized spacial score (nSPS) is 11.0. The van der Waals surface area contributed by atoms with Crippen molar-refractivity contribution in [2.45, 2.75) is 6.43 Å². The van der Waals surface area contributed by atoms with Crippen LogP contribution in [-0.4, -0.2) is 0 Å². The zero-order valence-electron chi connectivity index (χ0n) is 8.93. The van der Waals surface area contributed by atoms with Crippen LogP contribution in [0.4, 0.5) is 13.2 Å². The molecule has 0 aliphatic heterocycles. The van der Waals surface area contributed by atoms with Crippen molar-refractivity contribution < 1.29 is 13.2 Å². The Morgan fingerprint density at radius 1 is 0.889 bits per heavy atom. The Hall–Kier alpha value is -1.19. The van der Waals surface area contributed by atoms with Crippen LogP contribution in [0.3, 0.4) is 0 Å². The molecular weight excluding hydrogens is 284 g/mol. The average Bonchev–Trinajstić information content (AvgIpc) is 2.32. The lowest BCUT2D eigenvalue weighted by Crippen LogP contribution is -1.92. The molecule has 0 aromatic heterocycles. The lowest BCUT2D eigenvalue weighted by molar-refractivity contribution is 0.151. The number of halogens is 5. The highest BCUT2D eigenvalue weighted by atomic mass is 35.5. The fourth-order valence-corrected chi connectivity index (χ4v) is 2.05. The smallest absolute Gasteiger partial charge is 0.207 e. The Kier molecular flexibility index (Phi) is 3.83. The van der Waals surface area contributed by atoms with Crippen molar-refractivity contribution in [2.24, 2.45) is 0 Å². The fraction of sp³-hybridized carbons (Fsp3) is 0.0769. The second-order valence-electron chi connectivity index (χ2n) is 3.66. The molecule has 0 fully saturated rings. The highest BCUT2D eigenvalue weighted by Crippen LogP contribution is 2.36. The maximum atomic E-state index is 13.0. The summed E-state index contributed by atoms with van der Waals surface area (Å²) in [7, 11) is 0. The maximum absolute atomic E-state index is 13.0. The summed E-state index contributed by atoms with van der Waals surface area (Å²) in [5.41, 5.74) is 0.137. The van der Waals surface area contributed by atoms with Gasteiger partial charge in [0.05, 0.1) is 0 Å². The van der Waals surface area contributed by atoms with Crippen LogP contribution in [0, 0.1) is 5.82 Å². The Balaban J connectivity index is 2.66. The van der Waals surface area contributed by atoms with Gasteiger partial charge in [-0.3, -0.25) is 0 Å². The van der Waals surface area contributed by atoms with Crippen LogP contribution in [0.2, 0.25) is 10.0 Å². The molecule has 0 saturated carbocycles. The first kappa shape index (κ1) is 13.2. The Morgan fingerprint density at radius 2 is 1.61 bits per heavy atom. The van der Waals surface area contributed by atoms with Crippen molar-refractivity contribution in [2.75, 3.05) is 0 Å². The van der Waals surface area contributed by atoms with Gasteiger partial charge >= 0.3 is 0 Å². The summed E-state index contributed by atoms with van der Waals surface area (Å²) in [6.45, 7) is 0. The summed E-state index contributed by atoms with van der Waals surface area (Å²) >= 11 is 11.8. The van der Waals surface area contributed by atoms with Crippen molar-refractivity contribution in [1.82, 2.24) is 0 Å². The molecular formula is C13H7Cl2F3. The van der Waals surface area contributed by atoms with Crippen LogP contribution >= 0.6 is 23.2 Å². The van der Waals surface area contributed by atoms with Crippen LogP contribution in [0.1, 0.15) is 12.0 Å². The quantitative estimate of drug-likeness (QED) is 0.662. The molecule has 5 heteroatoms. The van der Waals surface area contributed by atoms with E-state index in [1.165, 1.54) is 18.2 Å². The second kappa shape index (κ2) is 5.21. The number of hydrogen-bond donors (Lipinski definition) is 0. The number of rotatable bonds is 2. The first-order chi connectivity index (χ1) is 8.49. The molecule has 0 aliphatic rings. The first-order valence-electron chi connectivity index (χ1n) is 5.02. The van der Waals surface area contributed by atoms with Gasteiger partial charge in [-0.1, -0.05) is 29.3 Å². The predicted octanol–water partition coefficient (Wildman–Crippen LogP) is 5.74. The fourth-order valence-electron chi connectivity index (χ4n) is 1.66. The summed E-state index contributed by atoms with van der Waals surface area (Å²) < 4.78 is 38.8. The minimum atomic E-state index is -2.79. The second-order valence-corrected chi connectivity index (χ2v) is 4.50. The highest BCUT2D eigenvalue weighted by molar-refractivity contribution is 6.35. The van der Waals surface area contributed by atoms with Gasteiger partial charge in [-0.05, 0) is 35.9 Å². The molecule has 0 atom stereocenters. The molecule has 94 valence electrons. The Bertz CT molecular complexity index is 582. The third-order valence-corrected chi connectivity index (χ3v) is 3.03. The highest BCUT2D eigenvalue weighted by Gasteiger charge is 2.17. The van der Waals surface area contributed by atoms with Crippen LogP contribution in [0.15, 0.2) is 36.4 Å². The summed E-state index contributed by atoms with van der Waals surface area (Å²) in [6, 6.07) is 7.73. The molecule has 0 nitrogen and oxygen atoms in total. The molecule has 2 rings (SSSR count). The van der Waals surface area contributed by atoms with E-state index in [0.717, 1.165) is 12.1 Å². The lowest BCUT2D eigenvalue weighted by atomic mass is 9.99. The van der Waals surface area contributed by atoms with E-state index in [1.807, 2.05) is 0 Å². The molecule has 2 aromatic rings. The van der Waals surface area contributed by atoms with Crippen LogP contribution in [0.25, 0.3) is 11.1 Å². The predicted molar refractivity (Wildman–Crippen MR) is 66.8 cm³/mol. The zero-order chi connectivity index (χ0) is 13.3. The van der Waals surface area contributed by atoms with E-state index in [1.54, 1.807) is 6.07 Å². The summed E-state index contributed by atoms with van der Waals surface area (Å²) in [5.74, 6) is -0.716. The van der Waals surface area contributed by atoms with Gasteiger partial charge in [-0.25, -0.2) is 13.2 Å². The number of alkyl halides is 2. The van der Waals surface area contributed by atoms with Gasteiger partial charge in [-0.2, -0.15) is 0 Å². The molecule has 0 unspecified atom stereocenters. The van der Waals surface area contributed by atoms with E-state index < -0.39 is 17.8 Å². The van der Waals surface area contributed by atoms with E-state index in [4.69, 9.17) is 23.2 Å². The largest absolute Gasteiger partial charge is 0.264 e. The zero-order valence-corrected chi connectivity index (χ0v) is 10.4. The number of hydrogen-bond acceptors (Lipinski definition) is 0. The van der Waals surface area contributed by atoms with E-state index >= 15 is 0 Å². The van der Waals surface area contributed by atoms with E-state index in [-0.39, 0.29) is 10.6 Å². The maximum Gasteiger partial charge on any atom is 0.264 e. The van der Waals surface area contributed by atoms with Gasteiger partial charge in [-0.15, -0.1) is 0 Å². The van der Waals surface area contributed by atoms with E-state index in [9.17, 15) is 13.2 Å². The van der Waals surface area contributed by atoms with Gasteiger partial charge < -0.3 is 0 Å². The molecule has 0 spiro atoms. The van der Waals surface area contributed by atoms with Gasteiger partial charge in [0, 0.05) is 21.2 Å². The van der Waals surface area contributed by atoms with Crippen LogP contribution in [0.5, 0.6) is 0 Å². The standard InChI is InChI=1S/C13H7Cl2F3/c14-7-1-4-12(15)10(5-7)9-3-2-8(16)6-11(9)13(17)18/h1-6,13H. The van der Waals surface area contributed by atoms with E-state index in [0.29, 0.717) is 10.6 Å². The molecule has 0 heterocycles. The monoisotopic (exact) mass is 290 g/mol. The lowest BCUT2D eigenvalue weighted by Gasteiger charge is -2.11. The van der Waals surface area contributed by atoms with Gasteiger partial charge in [0.1, 0.15) is 5.82 Å². The molecule has 0 aliphatic carbocycles. The molecule has 0 radical (unpaired) electrons. The summed E-state index contributed by atoms with van der Waals surface area (Å²) in [6.07, 6.45) is -2.79. The Morgan fingerprint density at radius 3 is 2.28 bits per heavy atom. The van der Waals surface area contributed by atoms with Crippen molar-refractivity contribution >= 4 is 23.2 Å². The minimum Gasteiger partial charge on any atom is -0.207 e. The number of benzene rings is 2. The topological polar surface area (TPSA) is 0 Å². The van der Waals surface area contributed by atoms with Crippen molar-refractivity contribution in [3.63, 3.8) is 0 Å². The summed E-state index contributed by atoms with van der Waals surface area (Å²) in [5, 5.41) is 0.659. The van der Waals surface area contributed by atoms with Crippen molar-refractivity contribution in [3.8, 4) is 11.1 Å². The average molecular weight is 291 g/mol. The van der Waals surface area contributed by atoms with Gasteiger partial charge in [0.25, 0.3) is 6.43 Å². The minimum absolute atomic E-state index is 0.180. The van der Waals surface area contributed by atoms with Crippen molar-refractivity contribution in [3.05, 3.63) is 57.8 Å². The van der Waals surface area contributed by atoms with E-state index in [2.05, 4.69) is 0 Å². The first-order valence-corrected chi connectivity index (χ1v) is 5.77. The van der Waals surface area contributed by atoms with Gasteiger partial charge in [0.2, 0.25) is 0 Å². The third-order valence-electron chi connectivity index (χ3n) is 2.47. The molecule has 0 bridgehead atoms. The van der Waals surface area contributed by atoms with Crippen LogP contribution < -0.4 is 0 Å². The Labute approximate surface area is 112 Å². The van der Waals surface area contributed by atoms with Gasteiger partial charge in [0.15, 0.2) is 0 Å². The van der Waals surface area contributed by atoms with Crippen LogP contribution in [-0.2, 0) is 0 Å². The summed E-state index contributed by atoms with van der Waals surface area (Å²) in [4.78, 5) is 0. The molecule has 0 saturated heterocycles.